The molecule has 1 aliphatic carbocycles. The molecule has 1 spiro atoms. The topological polar surface area (TPSA) is 73.7 Å². The fraction of sp³-hybridized carbons (Fsp3) is 0.706. The van der Waals surface area contributed by atoms with Crippen molar-refractivity contribution in [2.45, 2.75) is 70.2 Å². The van der Waals surface area contributed by atoms with Crippen molar-refractivity contribution in [1.29, 1.82) is 0 Å². The molecule has 2 heterocycles. The summed E-state index contributed by atoms with van der Waals surface area (Å²) in [5.41, 5.74) is -1.35. The zero-order valence-electron chi connectivity index (χ0n) is 14.5. The van der Waals surface area contributed by atoms with Crippen molar-refractivity contribution in [3.8, 4) is 0 Å². The number of aromatic nitrogens is 2. The number of nitrogens with zero attached hydrogens (tertiary/aromatic N) is 3. The summed E-state index contributed by atoms with van der Waals surface area (Å²) >= 11 is 0. The van der Waals surface area contributed by atoms with Crippen molar-refractivity contribution in [2.75, 3.05) is 6.61 Å². The number of ether oxygens (including phenoxy) is 2. The van der Waals surface area contributed by atoms with Gasteiger partial charge < -0.3 is 9.47 Å². The van der Waals surface area contributed by atoms with Crippen LogP contribution in [0.25, 0.3) is 0 Å². The number of rotatable bonds is 1. The maximum Gasteiger partial charge on any atom is 0.413 e. The third-order valence-corrected chi connectivity index (χ3v) is 4.53. The van der Waals surface area contributed by atoms with Gasteiger partial charge in [-0.15, -0.1) is 0 Å². The van der Waals surface area contributed by atoms with Gasteiger partial charge >= 0.3 is 6.09 Å². The number of amides is 1. The highest BCUT2D eigenvalue weighted by molar-refractivity contribution is 5.88. The molecular formula is C17H25N3O4. The number of carbonyl (C=O) groups excluding carboxylic acids is 2. The first-order valence-electron chi connectivity index (χ1n) is 8.51. The molecule has 7 nitrogen and oxygen atoms in total. The van der Waals surface area contributed by atoms with E-state index in [9.17, 15) is 9.59 Å². The molecule has 0 unspecified atom stereocenters. The van der Waals surface area contributed by atoms with Crippen molar-refractivity contribution in [2.24, 2.45) is 0 Å². The van der Waals surface area contributed by atoms with E-state index in [-0.39, 0.29) is 12.5 Å². The second kappa shape index (κ2) is 6.20. The van der Waals surface area contributed by atoms with Gasteiger partial charge in [-0.05, 0) is 46.5 Å². The predicted octanol–water partition coefficient (Wildman–Crippen LogP) is 2.82. The second-order valence-electron chi connectivity index (χ2n) is 7.49. The molecular weight excluding hydrogens is 310 g/mol. The maximum atomic E-state index is 12.9. The van der Waals surface area contributed by atoms with Crippen LogP contribution in [0, 0.1) is 0 Å². The number of hydrogen-bond donors (Lipinski definition) is 0. The lowest BCUT2D eigenvalue weighted by molar-refractivity contribution is -0.107. The summed E-state index contributed by atoms with van der Waals surface area (Å²) in [5.74, 6) is -0.221. The Balaban J connectivity index is 1.90. The molecule has 1 saturated carbocycles. The van der Waals surface area contributed by atoms with Crippen molar-refractivity contribution in [3.05, 3.63) is 18.7 Å². The Morgan fingerprint density at radius 1 is 1.25 bits per heavy atom. The van der Waals surface area contributed by atoms with Crippen LogP contribution in [0.2, 0.25) is 0 Å². The molecule has 1 aliphatic heterocycles. The first-order valence-corrected chi connectivity index (χ1v) is 8.51. The van der Waals surface area contributed by atoms with Crippen molar-refractivity contribution >= 4 is 12.0 Å². The summed E-state index contributed by atoms with van der Waals surface area (Å²) in [5, 5.41) is 0. The van der Waals surface area contributed by atoms with Gasteiger partial charge in [0.2, 0.25) is 0 Å². The minimum absolute atomic E-state index is 0.191. The Bertz CT molecular complexity index is 600. The van der Waals surface area contributed by atoms with E-state index >= 15 is 0 Å². The molecule has 2 fully saturated rings. The van der Waals surface area contributed by atoms with Crippen LogP contribution in [0.1, 0.15) is 57.7 Å². The van der Waals surface area contributed by atoms with Gasteiger partial charge in [0.25, 0.3) is 5.91 Å². The quantitative estimate of drug-likeness (QED) is 0.789. The van der Waals surface area contributed by atoms with Crippen LogP contribution in [0.4, 0.5) is 4.79 Å². The molecule has 1 saturated heterocycles. The van der Waals surface area contributed by atoms with Crippen LogP contribution in [-0.4, -0.2) is 50.4 Å². The summed E-state index contributed by atoms with van der Waals surface area (Å²) in [7, 11) is 0. The van der Waals surface area contributed by atoms with Crippen LogP contribution in [0.3, 0.4) is 0 Å². The zero-order chi connectivity index (χ0) is 17.4. The molecule has 1 aromatic rings. The van der Waals surface area contributed by atoms with E-state index in [4.69, 9.17) is 9.47 Å². The van der Waals surface area contributed by atoms with E-state index < -0.39 is 23.5 Å². The highest BCUT2D eigenvalue weighted by atomic mass is 16.6. The van der Waals surface area contributed by atoms with E-state index in [1.54, 1.807) is 17.3 Å². The largest absolute Gasteiger partial charge is 0.444 e. The Kier molecular flexibility index (Phi) is 4.38. The molecule has 0 bridgehead atoms. The van der Waals surface area contributed by atoms with Crippen LogP contribution in [0.5, 0.6) is 0 Å². The van der Waals surface area contributed by atoms with Crippen molar-refractivity contribution in [3.63, 3.8) is 0 Å². The van der Waals surface area contributed by atoms with Gasteiger partial charge in [-0.2, -0.15) is 0 Å². The van der Waals surface area contributed by atoms with Gasteiger partial charge in [0, 0.05) is 12.4 Å². The number of carbonyl (C=O) groups is 2. The highest BCUT2D eigenvalue weighted by Crippen LogP contribution is 2.41. The third kappa shape index (κ3) is 3.17. The lowest BCUT2D eigenvalue weighted by atomic mass is 9.90. The molecule has 1 amide bonds. The molecule has 24 heavy (non-hydrogen) atoms. The van der Waals surface area contributed by atoms with E-state index in [2.05, 4.69) is 4.98 Å². The summed E-state index contributed by atoms with van der Waals surface area (Å²) < 4.78 is 13.0. The van der Waals surface area contributed by atoms with E-state index in [1.807, 2.05) is 20.8 Å². The number of hydrogen-bond acceptors (Lipinski definition) is 5. The minimum Gasteiger partial charge on any atom is -0.444 e. The van der Waals surface area contributed by atoms with E-state index in [0.29, 0.717) is 0 Å². The third-order valence-electron chi connectivity index (χ3n) is 4.53. The van der Waals surface area contributed by atoms with E-state index in [0.717, 1.165) is 32.1 Å². The minimum atomic E-state index is -0.721. The molecule has 3 rings (SSSR count). The molecule has 1 atom stereocenters. The van der Waals surface area contributed by atoms with Crippen LogP contribution >= 0.6 is 0 Å². The zero-order valence-corrected chi connectivity index (χ0v) is 14.5. The molecule has 7 heteroatoms. The van der Waals surface area contributed by atoms with Gasteiger partial charge in [-0.25, -0.2) is 9.78 Å². The van der Waals surface area contributed by atoms with Crippen LogP contribution in [0.15, 0.2) is 18.7 Å². The van der Waals surface area contributed by atoms with Crippen LogP contribution in [-0.2, 0) is 9.47 Å². The monoisotopic (exact) mass is 335 g/mol. The molecule has 1 aromatic heterocycles. The maximum absolute atomic E-state index is 12.9. The Morgan fingerprint density at radius 2 is 1.96 bits per heavy atom. The first-order chi connectivity index (χ1) is 11.3. The summed E-state index contributed by atoms with van der Waals surface area (Å²) in [6.45, 7) is 5.66. The molecule has 0 radical (unpaired) electrons. The van der Waals surface area contributed by atoms with Crippen molar-refractivity contribution < 1.29 is 19.1 Å². The SMILES string of the molecule is CC(C)(C)OC(=O)N1[C@H](C(=O)n2ccnc2)COC12CCCCC2. The Labute approximate surface area is 141 Å². The van der Waals surface area contributed by atoms with Gasteiger partial charge in [-0.3, -0.25) is 14.3 Å². The van der Waals surface area contributed by atoms with Gasteiger partial charge in [0.05, 0.1) is 6.61 Å². The smallest absolute Gasteiger partial charge is 0.413 e. The average molecular weight is 335 g/mol. The standard InChI is InChI=1S/C17H25N3O4/c1-16(2,3)24-15(22)20-13(14(21)19-10-9-18-12-19)11-23-17(20)7-5-4-6-8-17/h9-10,12-13H,4-8,11H2,1-3H3/t13-/m0/s1. The number of imidazole rings is 1. The Hall–Kier alpha value is -1.89. The van der Waals surface area contributed by atoms with Crippen molar-refractivity contribution in [1.82, 2.24) is 14.5 Å². The normalized spacial score (nSPS) is 23.5. The van der Waals surface area contributed by atoms with Gasteiger partial charge in [0.15, 0.2) is 0 Å². The summed E-state index contributed by atoms with van der Waals surface area (Å²) in [6, 6.07) is -0.688. The molecule has 2 aliphatic rings. The molecule has 132 valence electrons. The van der Waals surface area contributed by atoms with Crippen LogP contribution < -0.4 is 0 Å². The fourth-order valence-corrected chi connectivity index (χ4v) is 3.50. The van der Waals surface area contributed by atoms with E-state index in [1.165, 1.54) is 10.9 Å². The predicted molar refractivity (Wildman–Crippen MR) is 86.5 cm³/mol. The Morgan fingerprint density at radius 3 is 2.54 bits per heavy atom. The van der Waals surface area contributed by atoms with Gasteiger partial charge in [-0.1, -0.05) is 6.42 Å². The highest BCUT2D eigenvalue weighted by Gasteiger charge is 2.54. The molecule has 0 N–H and O–H groups in total. The second-order valence-corrected chi connectivity index (χ2v) is 7.49. The fourth-order valence-electron chi connectivity index (χ4n) is 3.50. The lowest BCUT2D eigenvalue weighted by Gasteiger charge is -2.41. The first kappa shape index (κ1) is 17.0. The average Bonchev–Trinajstić information content (AvgIpc) is 3.14. The molecule has 0 aromatic carbocycles. The summed E-state index contributed by atoms with van der Waals surface area (Å²) in [4.78, 5) is 31.1. The lowest BCUT2D eigenvalue weighted by Crippen LogP contribution is -2.56. The summed E-state index contributed by atoms with van der Waals surface area (Å²) in [6.07, 6.45) is 8.63. The van der Waals surface area contributed by atoms with Gasteiger partial charge in [0.1, 0.15) is 23.7 Å².